The fourth-order valence-corrected chi connectivity index (χ4v) is 3.57. The molecule has 134 valence electrons. The third-order valence-electron chi connectivity index (χ3n) is 4.89. The Morgan fingerprint density at radius 2 is 1.96 bits per heavy atom. The molecule has 1 aromatic carbocycles. The molecule has 6 heteroatoms. The predicted molar refractivity (Wildman–Crippen MR) is 98.1 cm³/mol. The first-order chi connectivity index (χ1) is 12.8. The van der Waals surface area contributed by atoms with Gasteiger partial charge in [0.2, 0.25) is 5.91 Å². The van der Waals surface area contributed by atoms with Crippen LogP contribution in [-0.4, -0.2) is 36.7 Å². The van der Waals surface area contributed by atoms with Crippen molar-refractivity contribution in [1.29, 1.82) is 0 Å². The lowest BCUT2D eigenvalue weighted by atomic mass is 10.1. The van der Waals surface area contributed by atoms with Gasteiger partial charge in [0.05, 0.1) is 6.54 Å². The van der Waals surface area contributed by atoms with Gasteiger partial charge in [-0.25, -0.2) is 4.98 Å². The van der Waals surface area contributed by atoms with Gasteiger partial charge in [0.25, 0.3) is 0 Å². The summed E-state index contributed by atoms with van der Waals surface area (Å²) in [5.74, 6) is 1.46. The summed E-state index contributed by atoms with van der Waals surface area (Å²) in [5, 5.41) is 4.32. The van der Waals surface area contributed by atoms with Crippen molar-refractivity contribution in [2.45, 2.75) is 32.5 Å². The lowest BCUT2D eigenvalue weighted by Gasteiger charge is -2.24. The number of aromatic nitrogens is 4. The largest absolute Gasteiger partial charge is 0.335 e. The van der Waals surface area contributed by atoms with E-state index in [9.17, 15) is 4.79 Å². The number of amides is 1. The van der Waals surface area contributed by atoms with Crippen molar-refractivity contribution in [3.05, 3.63) is 72.6 Å². The van der Waals surface area contributed by atoms with Gasteiger partial charge < -0.3 is 9.47 Å². The van der Waals surface area contributed by atoms with Crippen LogP contribution in [0.3, 0.4) is 0 Å². The second-order valence-corrected chi connectivity index (χ2v) is 6.85. The van der Waals surface area contributed by atoms with Gasteiger partial charge in [-0.05, 0) is 18.1 Å². The van der Waals surface area contributed by atoms with Gasteiger partial charge in [-0.1, -0.05) is 30.3 Å². The molecule has 0 bridgehead atoms. The minimum Gasteiger partial charge on any atom is -0.335 e. The highest BCUT2D eigenvalue weighted by molar-refractivity contribution is 5.76. The maximum Gasteiger partial charge on any atom is 0.223 e. The molecule has 4 rings (SSSR count). The highest BCUT2D eigenvalue weighted by Crippen LogP contribution is 2.18. The number of hydrogen-bond acceptors (Lipinski definition) is 3. The molecule has 1 aliphatic rings. The zero-order valence-electron chi connectivity index (χ0n) is 14.7. The Labute approximate surface area is 153 Å². The normalized spacial score (nSPS) is 16.9. The van der Waals surface area contributed by atoms with Crippen LogP contribution in [0.1, 0.15) is 17.8 Å². The Hall–Kier alpha value is -2.89. The summed E-state index contributed by atoms with van der Waals surface area (Å²) in [6.07, 6.45) is 8.89. The number of carbonyl (C=O) groups is 1. The average Bonchev–Trinajstić information content (AvgIpc) is 3.29. The number of hydrogen-bond donors (Lipinski definition) is 0. The number of aryl methyl sites for hydroxylation is 1. The molecule has 26 heavy (non-hydrogen) atoms. The Balaban J connectivity index is 1.46. The van der Waals surface area contributed by atoms with Crippen LogP contribution < -0.4 is 0 Å². The van der Waals surface area contributed by atoms with Crippen LogP contribution >= 0.6 is 0 Å². The Kier molecular flexibility index (Phi) is 4.82. The van der Waals surface area contributed by atoms with Crippen LogP contribution in [0.2, 0.25) is 0 Å². The monoisotopic (exact) mass is 349 g/mol. The molecule has 3 aromatic rings. The van der Waals surface area contributed by atoms with Crippen molar-refractivity contribution in [3.63, 3.8) is 0 Å². The van der Waals surface area contributed by atoms with Crippen molar-refractivity contribution >= 4 is 5.91 Å². The van der Waals surface area contributed by atoms with Crippen molar-refractivity contribution in [1.82, 2.24) is 24.2 Å². The van der Waals surface area contributed by atoms with Gasteiger partial charge in [-0.15, -0.1) is 0 Å². The summed E-state index contributed by atoms with van der Waals surface area (Å²) in [6.45, 7) is 2.97. The highest BCUT2D eigenvalue weighted by atomic mass is 16.2. The fraction of sp³-hybridized carbons (Fsp3) is 0.350. The topological polar surface area (TPSA) is 56.0 Å². The predicted octanol–water partition coefficient (Wildman–Crippen LogP) is 2.37. The zero-order chi connectivity index (χ0) is 17.8. The van der Waals surface area contributed by atoms with E-state index in [4.69, 9.17) is 0 Å². The first kappa shape index (κ1) is 16.6. The first-order valence-corrected chi connectivity index (χ1v) is 9.07. The average molecular weight is 349 g/mol. The van der Waals surface area contributed by atoms with Crippen molar-refractivity contribution in [2.75, 3.05) is 6.54 Å². The van der Waals surface area contributed by atoms with E-state index in [1.165, 1.54) is 5.56 Å². The lowest BCUT2D eigenvalue weighted by molar-refractivity contribution is -0.132. The Morgan fingerprint density at radius 3 is 2.77 bits per heavy atom. The molecule has 0 radical (unpaired) electrons. The molecule has 6 nitrogen and oxygen atoms in total. The van der Waals surface area contributed by atoms with Crippen LogP contribution in [-0.2, 0) is 30.8 Å². The number of fused-ring (bicyclic) bond motifs is 1. The van der Waals surface area contributed by atoms with Crippen molar-refractivity contribution in [3.8, 4) is 0 Å². The van der Waals surface area contributed by atoms with E-state index in [0.717, 1.165) is 31.9 Å². The standard InChI is InChI=1S/C20H23N5O/c26-20(8-7-17-5-2-1-3-6-17)24-14-18(15-25-11-4-9-22-25)13-23-12-10-21-19(23)16-24/h1-6,9-12,18H,7-8,13-16H2/t18-/m1/s1. The minimum absolute atomic E-state index is 0.191. The third kappa shape index (κ3) is 3.85. The van der Waals surface area contributed by atoms with Gasteiger partial charge in [-0.3, -0.25) is 9.48 Å². The number of nitrogens with zero attached hydrogens (tertiary/aromatic N) is 5. The Bertz CT molecular complexity index is 840. The molecule has 2 aromatic heterocycles. The van der Waals surface area contributed by atoms with E-state index < -0.39 is 0 Å². The molecule has 3 heterocycles. The van der Waals surface area contributed by atoms with E-state index in [1.54, 1.807) is 6.20 Å². The summed E-state index contributed by atoms with van der Waals surface area (Å²) >= 11 is 0. The molecule has 1 amide bonds. The number of rotatable bonds is 5. The molecule has 0 unspecified atom stereocenters. The lowest BCUT2D eigenvalue weighted by Crippen LogP contribution is -2.35. The molecule has 0 fully saturated rings. The summed E-state index contributed by atoms with van der Waals surface area (Å²) in [5.41, 5.74) is 1.20. The highest BCUT2D eigenvalue weighted by Gasteiger charge is 2.25. The van der Waals surface area contributed by atoms with Gasteiger partial charge in [0.1, 0.15) is 5.82 Å². The second-order valence-electron chi connectivity index (χ2n) is 6.85. The van der Waals surface area contributed by atoms with Crippen LogP contribution in [0.25, 0.3) is 0 Å². The van der Waals surface area contributed by atoms with Crippen LogP contribution in [0.4, 0.5) is 0 Å². The van der Waals surface area contributed by atoms with Gasteiger partial charge in [0, 0.05) is 56.8 Å². The molecule has 1 aliphatic heterocycles. The quantitative estimate of drug-likeness (QED) is 0.711. The molecule has 0 spiro atoms. The maximum atomic E-state index is 12.9. The van der Waals surface area contributed by atoms with Gasteiger partial charge in [0.15, 0.2) is 0 Å². The van der Waals surface area contributed by atoms with Crippen LogP contribution in [0, 0.1) is 5.92 Å². The fourth-order valence-electron chi connectivity index (χ4n) is 3.57. The molecular formula is C20H23N5O. The second kappa shape index (κ2) is 7.56. The SMILES string of the molecule is O=C(CCc1ccccc1)N1Cc2nccn2C[C@@H](Cn2cccn2)C1. The van der Waals surface area contributed by atoms with Crippen molar-refractivity contribution < 1.29 is 4.79 Å². The van der Waals surface area contributed by atoms with Gasteiger partial charge >= 0.3 is 0 Å². The Morgan fingerprint density at radius 1 is 1.08 bits per heavy atom. The van der Waals surface area contributed by atoms with E-state index in [-0.39, 0.29) is 5.91 Å². The van der Waals surface area contributed by atoms with Gasteiger partial charge in [-0.2, -0.15) is 5.10 Å². The smallest absolute Gasteiger partial charge is 0.223 e. The van der Waals surface area contributed by atoms with E-state index in [2.05, 4.69) is 26.8 Å². The molecular weight excluding hydrogens is 326 g/mol. The summed E-state index contributed by atoms with van der Waals surface area (Å²) < 4.78 is 4.11. The van der Waals surface area contributed by atoms with Crippen molar-refractivity contribution in [2.24, 2.45) is 5.92 Å². The van der Waals surface area contributed by atoms with E-state index in [0.29, 0.717) is 18.9 Å². The maximum absolute atomic E-state index is 12.9. The summed E-state index contributed by atoms with van der Waals surface area (Å²) in [6, 6.07) is 12.1. The van der Waals surface area contributed by atoms with E-state index in [1.807, 2.05) is 52.4 Å². The minimum atomic E-state index is 0.191. The molecule has 1 atom stereocenters. The molecule has 0 aliphatic carbocycles. The molecule has 0 N–H and O–H groups in total. The first-order valence-electron chi connectivity index (χ1n) is 9.07. The molecule has 0 saturated heterocycles. The number of imidazole rings is 1. The third-order valence-corrected chi connectivity index (χ3v) is 4.89. The number of benzene rings is 1. The number of carbonyl (C=O) groups excluding carboxylic acids is 1. The molecule has 0 saturated carbocycles. The summed E-state index contributed by atoms with van der Waals surface area (Å²) in [4.78, 5) is 19.3. The summed E-state index contributed by atoms with van der Waals surface area (Å²) in [7, 11) is 0. The van der Waals surface area contributed by atoms with Crippen LogP contribution in [0.15, 0.2) is 61.2 Å². The van der Waals surface area contributed by atoms with E-state index >= 15 is 0 Å². The van der Waals surface area contributed by atoms with Crippen LogP contribution in [0.5, 0.6) is 0 Å². The zero-order valence-corrected chi connectivity index (χ0v) is 14.7.